The predicted molar refractivity (Wildman–Crippen MR) is 64.5 cm³/mol. The van der Waals surface area contributed by atoms with Gasteiger partial charge in [0.1, 0.15) is 5.15 Å². The highest BCUT2D eigenvalue weighted by Crippen LogP contribution is 2.60. The van der Waals surface area contributed by atoms with Crippen LogP contribution in [0.3, 0.4) is 0 Å². The third-order valence-corrected chi connectivity index (χ3v) is 5.07. The van der Waals surface area contributed by atoms with Gasteiger partial charge in [-0.1, -0.05) is 11.6 Å². The fourth-order valence-corrected chi connectivity index (χ4v) is 4.25. The number of carbonyl (C=O) groups is 1. The quantitative estimate of drug-likeness (QED) is 0.646. The zero-order chi connectivity index (χ0) is 12.7. The molecule has 1 aromatic rings. The second-order valence-corrected chi connectivity index (χ2v) is 5.98. The summed E-state index contributed by atoms with van der Waals surface area (Å²) in [4.78, 5) is 29.8. The molecule has 0 N–H and O–H groups in total. The first-order valence-electron chi connectivity index (χ1n) is 6.07. The van der Waals surface area contributed by atoms with Crippen LogP contribution in [-0.4, -0.2) is 33.4 Å². The second-order valence-electron chi connectivity index (χ2n) is 5.59. The van der Waals surface area contributed by atoms with E-state index in [2.05, 4.69) is 4.98 Å². The molecular weight excluding hydrogens is 254 g/mol. The summed E-state index contributed by atoms with van der Waals surface area (Å²) in [5, 5.41) is 0.229. The molecule has 1 saturated carbocycles. The van der Waals surface area contributed by atoms with Crippen molar-refractivity contribution in [3.8, 4) is 0 Å². The Balaban J connectivity index is 1.93. The molecule has 1 aliphatic carbocycles. The normalized spacial score (nSPS) is 36.1. The first-order valence-corrected chi connectivity index (χ1v) is 6.45. The Morgan fingerprint density at radius 3 is 3.00 bits per heavy atom. The van der Waals surface area contributed by atoms with Crippen molar-refractivity contribution in [2.45, 2.75) is 31.3 Å². The van der Waals surface area contributed by atoms with Crippen molar-refractivity contribution in [3.05, 3.63) is 27.4 Å². The van der Waals surface area contributed by atoms with E-state index in [1.807, 2.05) is 11.9 Å². The molecule has 3 heterocycles. The van der Waals surface area contributed by atoms with Crippen molar-refractivity contribution in [3.63, 3.8) is 0 Å². The highest BCUT2D eigenvalue weighted by Gasteiger charge is 2.64. The predicted octanol–water partition coefficient (Wildman–Crippen LogP) is 0.615. The molecule has 0 aromatic carbocycles. The first kappa shape index (κ1) is 10.6. The van der Waals surface area contributed by atoms with Gasteiger partial charge < -0.3 is 4.90 Å². The van der Waals surface area contributed by atoms with E-state index >= 15 is 0 Å². The van der Waals surface area contributed by atoms with Crippen molar-refractivity contribution in [1.29, 1.82) is 0 Å². The summed E-state index contributed by atoms with van der Waals surface area (Å²) in [5.41, 5.74) is 0.155. The molecule has 2 fully saturated rings. The van der Waals surface area contributed by atoms with Gasteiger partial charge in [0.25, 0.3) is 0 Å². The number of halogens is 1. The van der Waals surface area contributed by atoms with Crippen LogP contribution in [0, 0.1) is 5.41 Å². The SMILES string of the molecule is CN1C(=O)[C@]23C[C@H]1CC2c1cc(Cl)nc(=O)n1C3. The molecule has 6 heteroatoms. The van der Waals surface area contributed by atoms with Crippen LogP contribution < -0.4 is 5.69 Å². The van der Waals surface area contributed by atoms with Gasteiger partial charge in [-0.25, -0.2) is 4.79 Å². The molecule has 1 saturated heterocycles. The van der Waals surface area contributed by atoms with Crippen LogP contribution in [-0.2, 0) is 11.3 Å². The maximum atomic E-state index is 12.4. The number of amides is 1. The van der Waals surface area contributed by atoms with Gasteiger partial charge in [0.2, 0.25) is 5.91 Å². The van der Waals surface area contributed by atoms with E-state index in [4.69, 9.17) is 11.6 Å². The van der Waals surface area contributed by atoms with Crippen molar-refractivity contribution >= 4 is 17.5 Å². The molecule has 1 aromatic heterocycles. The summed E-state index contributed by atoms with van der Waals surface area (Å²) in [6.45, 7) is 0.468. The molecule has 1 spiro atoms. The van der Waals surface area contributed by atoms with Gasteiger partial charge in [-0.2, -0.15) is 4.98 Å². The smallest absolute Gasteiger partial charge is 0.342 e. The van der Waals surface area contributed by atoms with Gasteiger partial charge in [-0.3, -0.25) is 9.36 Å². The summed E-state index contributed by atoms with van der Waals surface area (Å²) in [6, 6.07) is 2.06. The Labute approximate surface area is 108 Å². The Hall–Kier alpha value is -1.36. The molecular formula is C12H12ClN3O2. The molecule has 1 amide bonds. The van der Waals surface area contributed by atoms with Crippen LogP contribution in [0.5, 0.6) is 0 Å². The zero-order valence-corrected chi connectivity index (χ0v) is 10.6. The van der Waals surface area contributed by atoms with Crippen molar-refractivity contribution < 1.29 is 4.79 Å². The summed E-state index contributed by atoms with van der Waals surface area (Å²) in [6.07, 6.45) is 1.79. The van der Waals surface area contributed by atoms with Gasteiger partial charge in [0.15, 0.2) is 0 Å². The number of hydrogen-bond acceptors (Lipinski definition) is 3. The summed E-state index contributed by atoms with van der Waals surface area (Å²) in [5.74, 6) is 0.308. The molecule has 1 unspecified atom stereocenters. The molecule has 94 valence electrons. The maximum Gasteiger partial charge on any atom is 0.349 e. The third kappa shape index (κ3) is 0.983. The number of likely N-dealkylation sites (tertiary alicyclic amines) is 1. The maximum absolute atomic E-state index is 12.4. The van der Waals surface area contributed by atoms with Crippen molar-refractivity contribution in [1.82, 2.24) is 14.5 Å². The Kier molecular flexibility index (Phi) is 1.74. The van der Waals surface area contributed by atoms with Gasteiger partial charge in [0, 0.05) is 31.2 Å². The minimum atomic E-state index is -0.405. The van der Waals surface area contributed by atoms with E-state index in [-0.39, 0.29) is 22.7 Å². The second kappa shape index (κ2) is 2.96. The molecule has 0 radical (unpaired) electrons. The fourth-order valence-electron chi connectivity index (χ4n) is 4.06. The Morgan fingerprint density at radius 1 is 1.50 bits per heavy atom. The van der Waals surface area contributed by atoms with E-state index in [1.54, 1.807) is 10.6 Å². The van der Waals surface area contributed by atoms with Crippen LogP contribution in [0.1, 0.15) is 24.5 Å². The van der Waals surface area contributed by atoms with Crippen LogP contribution in [0.4, 0.5) is 0 Å². The highest BCUT2D eigenvalue weighted by molar-refractivity contribution is 6.29. The average molecular weight is 266 g/mol. The molecule has 18 heavy (non-hydrogen) atoms. The van der Waals surface area contributed by atoms with E-state index in [0.29, 0.717) is 12.6 Å². The van der Waals surface area contributed by atoms with Gasteiger partial charge in [-0.05, 0) is 18.9 Å². The number of fused-ring (bicyclic) bond motifs is 3. The van der Waals surface area contributed by atoms with E-state index in [9.17, 15) is 9.59 Å². The van der Waals surface area contributed by atoms with Gasteiger partial charge >= 0.3 is 5.69 Å². The number of nitrogens with zero attached hydrogens (tertiary/aromatic N) is 3. The Bertz CT molecular complexity index is 641. The molecule has 2 bridgehead atoms. The lowest BCUT2D eigenvalue weighted by Crippen LogP contribution is -2.41. The lowest BCUT2D eigenvalue weighted by Gasteiger charge is -2.31. The molecule has 5 nitrogen and oxygen atoms in total. The van der Waals surface area contributed by atoms with Crippen molar-refractivity contribution in [2.75, 3.05) is 7.05 Å². The third-order valence-electron chi connectivity index (χ3n) is 4.88. The number of carbonyl (C=O) groups excluding carboxylic acids is 1. The van der Waals surface area contributed by atoms with Crippen LogP contribution in [0.25, 0.3) is 0 Å². The van der Waals surface area contributed by atoms with E-state index in [1.165, 1.54) is 0 Å². The first-order chi connectivity index (χ1) is 8.53. The minimum Gasteiger partial charge on any atom is -0.342 e. The topological polar surface area (TPSA) is 55.2 Å². The largest absolute Gasteiger partial charge is 0.349 e. The summed E-state index contributed by atoms with van der Waals surface area (Å²) < 4.78 is 1.63. The summed E-state index contributed by atoms with van der Waals surface area (Å²) in [7, 11) is 1.86. The standard InChI is InChI=1S/C12H12ClN3O2/c1-15-6-2-7-8-3-9(13)14-11(18)16(8)5-12(7,4-6)10(15)17/h3,6-7H,2,4-5H2,1H3/t6-,7?,12+/m1/s1. The van der Waals surface area contributed by atoms with Gasteiger partial charge in [0.05, 0.1) is 5.41 Å². The monoisotopic (exact) mass is 265 g/mol. The number of rotatable bonds is 0. The van der Waals surface area contributed by atoms with Crippen LogP contribution in [0.2, 0.25) is 5.15 Å². The van der Waals surface area contributed by atoms with Gasteiger partial charge in [-0.15, -0.1) is 0 Å². The number of aromatic nitrogens is 2. The van der Waals surface area contributed by atoms with E-state index < -0.39 is 5.41 Å². The number of hydrogen-bond donors (Lipinski definition) is 0. The average Bonchev–Trinajstić information content (AvgIpc) is 2.88. The Morgan fingerprint density at radius 2 is 2.28 bits per heavy atom. The zero-order valence-electron chi connectivity index (χ0n) is 9.89. The van der Waals surface area contributed by atoms with Crippen molar-refractivity contribution in [2.24, 2.45) is 5.41 Å². The molecule has 4 rings (SSSR count). The lowest BCUT2D eigenvalue weighted by atomic mass is 9.78. The van der Waals surface area contributed by atoms with Crippen LogP contribution in [0.15, 0.2) is 10.9 Å². The number of piperidine rings is 1. The van der Waals surface area contributed by atoms with Crippen LogP contribution >= 0.6 is 11.6 Å². The summed E-state index contributed by atoms with van der Waals surface area (Å²) >= 11 is 5.86. The molecule has 2 aliphatic heterocycles. The highest BCUT2D eigenvalue weighted by atomic mass is 35.5. The minimum absolute atomic E-state index is 0.138. The molecule has 3 aliphatic rings. The molecule has 3 atom stereocenters. The lowest BCUT2D eigenvalue weighted by molar-refractivity contribution is -0.138. The van der Waals surface area contributed by atoms with E-state index in [0.717, 1.165) is 18.5 Å². The fraction of sp³-hybridized carbons (Fsp3) is 0.583.